The third-order valence-corrected chi connectivity index (χ3v) is 4.88. The number of sulfonamides is 1. The maximum Gasteiger partial charge on any atom is 0.255 e. The zero-order chi connectivity index (χ0) is 19.2. The topological polar surface area (TPSA) is 84.5 Å². The van der Waals surface area contributed by atoms with Gasteiger partial charge in [-0.15, -0.1) is 0 Å². The second kappa shape index (κ2) is 8.84. The Morgan fingerprint density at radius 3 is 2.42 bits per heavy atom. The first kappa shape index (κ1) is 20.0. The van der Waals surface area contributed by atoms with Crippen molar-refractivity contribution >= 4 is 21.6 Å². The lowest BCUT2D eigenvalue weighted by Gasteiger charge is -2.10. The van der Waals surface area contributed by atoms with Crippen molar-refractivity contribution < 1.29 is 26.7 Å². The van der Waals surface area contributed by atoms with Crippen molar-refractivity contribution in [2.24, 2.45) is 0 Å². The van der Waals surface area contributed by atoms with E-state index in [9.17, 15) is 22.0 Å². The summed E-state index contributed by atoms with van der Waals surface area (Å²) in [5.74, 6) is -2.04. The van der Waals surface area contributed by atoms with E-state index in [1.165, 1.54) is 25.3 Å². The summed E-state index contributed by atoms with van der Waals surface area (Å²) in [4.78, 5) is 11.8. The fraction of sp³-hybridized carbons (Fsp3) is 0.235. The van der Waals surface area contributed by atoms with E-state index < -0.39 is 27.6 Å². The van der Waals surface area contributed by atoms with Crippen LogP contribution in [0, 0.1) is 11.6 Å². The van der Waals surface area contributed by atoms with Gasteiger partial charge < -0.3 is 10.1 Å². The van der Waals surface area contributed by atoms with Crippen LogP contribution in [0.15, 0.2) is 47.4 Å². The largest absolute Gasteiger partial charge is 0.385 e. The molecule has 0 unspecified atom stereocenters. The smallest absolute Gasteiger partial charge is 0.255 e. The van der Waals surface area contributed by atoms with Crippen LogP contribution in [0.25, 0.3) is 0 Å². The fourth-order valence-corrected chi connectivity index (χ4v) is 3.15. The minimum absolute atomic E-state index is 0.141. The SMILES string of the molecule is COCCCNS(=O)(=O)c1ccc(NC(=O)c2ccc(F)cc2)c(F)c1. The Balaban J connectivity index is 2.09. The summed E-state index contributed by atoms with van der Waals surface area (Å²) in [6.45, 7) is 0.548. The van der Waals surface area contributed by atoms with Crippen molar-refractivity contribution in [3.8, 4) is 0 Å². The van der Waals surface area contributed by atoms with Crippen LogP contribution >= 0.6 is 0 Å². The number of nitrogens with one attached hydrogen (secondary N) is 2. The van der Waals surface area contributed by atoms with Gasteiger partial charge in [0.05, 0.1) is 10.6 Å². The Morgan fingerprint density at radius 2 is 1.81 bits per heavy atom. The third-order valence-electron chi connectivity index (χ3n) is 3.42. The van der Waals surface area contributed by atoms with Crippen LogP contribution in [-0.2, 0) is 14.8 Å². The van der Waals surface area contributed by atoms with E-state index in [4.69, 9.17) is 4.74 Å². The Hall–Kier alpha value is -2.36. The van der Waals surface area contributed by atoms with Crippen molar-refractivity contribution in [2.75, 3.05) is 25.6 Å². The predicted octanol–water partition coefficient (Wildman–Crippen LogP) is 2.53. The highest BCUT2D eigenvalue weighted by Crippen LogP contribution is 2.20. The van der Waals surface area contributed by atoms with E-state index in [1.54, 1.807) is 0 Å². The van der Waals surface area contributed by atoms with Gasteiger partial charge in [-0.05, 0) is 48.9 Å². The quantitative estimate of drug-likeness (QED) is 0.685. The summed E-state index contributed by atoms with van der Waals surface area (Å²) in [5.41, 5.74) is -0.0417. The standard InChI is InChI=1S/C17H18F2N2O4S/c1-25-10-2-9-20-26(23,24)14-7-8-16(15(19)11-14)21-17(22)12-3-5-13(18)6-4-12/h3-8,11,20H,2,9-10H2,1H3,(H,21,22). The van der Waals surface area contributed by atoms with E-state index in [1.807, 2.05) is 0 Å². The number of carbonyl (C=O) groups excluding carboxylic acids is 1. The normalized spacial score (nSPS) is 11.3. The lowest BCUT2D eigenvalue weighted by atomic mass is 10.2. The van der Waals surface area contributed by atoms with Gasteiger partial charge in [-0.2, -0.15) is 0 Å². The van der Waals surface area contributed by atoms with Crippen molar-refractivity contribution in [3.05, 3.63) is 59.7 Å². The molecule has 2 aromatic rings. The molecule has 6 nitrogen and oxygen atoms in total. The number of rotatable bonds is 8. The molecule has 2 rings (SSSR count). The molecule has 0 saturated carbocycles. The molecule has 0 aromatic heterocycles. The molecule has 2 N–H and O–H groups in total. The molecular weight excluding hydrogens is 366 g/mol. The van der Waals surface area contributed by atoms with Crippen LogP contribution in [-0.4, -0.2) is 34.6 Å². The molecule has 2 aromatic carbocycles. The molecule has 0 aliphatic heterocycles. The molecule has 9 heteroatoms. The van der Waals surface area contributed by atoms with Gasteiger partial charge in [0.15, 0.2) is 0 Å². The molecule has 0 saturated heterocycles. The highest BCUT2D eigenvalue weighted by Gasteiger charge is 2.17. The van der Waals surface area contributed by atoms with Crippen molar-refractivity contribution in [2.45, 2.75) is 11.3 Å². The molecule has 0 aliphatic rings. The zero-order valence-electron chi connectivity index (χ0n) is 14.0. The molecule has 1 amide bonds. The number of hydrogen-bond acceptors (Lipinski definition) is 4. The Bertz CT molecular complexity index is 871. The van der Waals surface area contributed by atoms with Gasteiger partial charge in [0.25, 0.3) is 5.91 Å². The van der Waals surface area contributed by atoms with Crippen molar-refractivity contribution in [3.63, 3.8) is 0 Å². The Labute approximate surface area is 150 Å². The van der Waals surface area contributed by atoms with Crippen LogP contribution in [0.2, 0.25) is 0 Å². The average molecular weight is 384 g/mol. The monoisotopic (exact) mass is 384 g/mol. The van der Waals surface area contributed by atoms with E-state index in [-0.39, 0.29) is 22.7 Å². The highest BCUT2D eigenvalue weighted by atomic mass is 32.2. The van der Waals surface area contributed by atoms with Crippen LogP contribution in [0.3, 0.4) is 0 Å². The van der Waals surface area contributed by atoms with Crippen molar-refractivity contribution in [1.29, 1.82) is 0 Å². The molecule has 0 aliphatic carbocycles. The highest BCUT2D eigenvalue weighted by molar-refractivity contribution is 7.89. The number of anilines is 1. The summed E-state index contributed by atoms with van der Waals surface area (Å²) >= 11 is 0. The molecular formula is C17H18F2N2O4S. The maximum absolute atomic E-state index is 14.2. The zero-order valence-corrected chi connectivity index (χ0v) is 14.8. The minimum Gasteiger partial charge on any atom is -0.385 e. The molecule has 0 spiro atoms. The van der Waals surface area contributed by atoms with Gasteiger partial charge in [-0.25, -0.2) is 21.9 Å². The number of hydrogen-bond donors (Lipinski definition) is 2. The van der Waals surface area contributed by atoms with Gasteiger partial charge in [0, 0.05) is 25.8 Å². The van der Waals surface area contributed by atoms with Crippen LogP contribution in [0.5, 0.6) is 0 Å². The average Bonchev–Trinajstić information content (AvgIpc) is 2.61. The third kappa shape index (κ3) is 5.32. The Morgan fingerprint density at radius 1 is 1.12 bits per heavy atom. The first-order valence-corrected chi connectivity index (χ1v) is 9.17. The van der Waals surface area contributed by atoms with Crippen molar-refractivity contribution in [1.82, 2.24) is 4.72 Å². The first-order valence-electron chi connectivity index (χ1n) is 7.68. The lowest BCUT2D eigenvalue weighted by Crippen LogP contribution is -2.25. The van der Waals surface area contributed by atoms with Gasteiger partial charge >= 0.3 is 0 Å². The molecule has 26 heavy (non-hydrogen) atoms. The minimum atomic E-state index is -3.87. The van der Waals surface area contributed by atoms with Gasteiger partial charge in [0.2, 0.25) is 10.0 Å². The lowest BCUT2D eigenvalue weighted by molar-refractivity contribution is 0.102. The number of benzene rings is 2. The Kier molecular flexibility index (Phi) is 6.78. The maximum atomic E-state index is 14.2. The van der Waals surface area contributed by atoms with E-state index >= 15 is 0 Å². The van der Waals surface area contributed by atoms with Crippen LogP contribution < -0.4 is 10.0 Å². The summed E-state index contributed by atoms with van der Waals surface area (Å²) in [7, 11) is -2.36. The number of ether oxygens (including phenoxy) is 1. The van der Waals surface area contributed by atoms with Gasteiger partial charge in [0.1, 0.15) is 11.6 Å². The molecule has 0 fully saturated rings. The number of methoxy groups -OCH3 is 1. The van der Waals surface area contributed by atoms with Crippen LogP contribution in [0.1, 0.15) is 16.8 Å². The molecule has 0 atom stereocenters. The second-order valence-electron chi connectivity index (χ2n) is 5.35. The summed E-state index contributed by atoms with van der Waals surface area (Å²) in [6, 6.07) is 7.88. The van der Waals surface area contributed by atoms with Crippen LogP contribution in [0.4, 0.5) is 14.5 Å². The number of carbonyl (C=O) groups is 1. The summed E-state index contributed by atoms with van der Waals surface area (Å²) in [5, 5.41) is 2.32. The second-order valence-corrected chi connectivity index (χ2v) is 7.11. The summed E-state index contributed by atoms with van der Waals surface area (Å²) in [6.07, 6.45) is 0.476. The first-order chi connectivity index (χ1) is 12.3. The molecule has 0 heterocycles. The van der Waals surface area contributed by atoms with E-state index in [0.29, 0.717) is 13.0 Å². The van der Waals surface area contributed by atoms with E-state index in [0.717, 1.165) is 24.3 Å². The van der Waals surface area contributed by atoms with Gasteiger partial charge in [-0.1, -0.05) is 0 Å². The molecule has 0 bridgehead atoms. The summed E-state index contributed by atoms with van der Waals surface area (Å²) < 4.78 is 58.4. The number of halogens is 2. The number of amides is 1. The predicted molar refractivity (Wildman–Crippen MR) is 92.4 cm³/mol. The fourth-order valence-electron chi connectivity index (χ4n) is 2.07. The molecule has 140 valence electrons. The van der Waals surface area contributed by atoms with Gasteiger partial charge in [-0.3, -0.25) is 4.79 Å². The van der Waals surface area contributed by atoms with E-state index in [2.05, 4.69) is 10.0 Å². The molecule has 0 radical (unpaired) electrons.